The third-order valence-corrected chi connectivity index (χ3v) is 9.29. The van der Waals surface area contributed by atoms with E-state index in [1.165, 1.54) is 0 Å². The molecule has 52 heavy (non-hydrogen) atoms. The van der Waals surface area contributed by atoms with Gasteiger partial charge in [-0.15, -0.1) is 0 Å². The summed E-state index contributed by atoms with van der Waals surface area (Å²) in [7, 11) is 0. The number of halogens is 2. The average Bonchev–Trinajstić information content (AvgIpc) is 3.81. The van der Waals surface area contributed by atoms with Gasteiger partial charge in [-0.3, -0.25) is 4.57 Å². The fourth-order valence-electron chi connectivity index (χ4n) is 6.93. The van der Waals surface area contributed by atoms with Crippen molar-refractivity contribution in [2.24, 2.45) is 0 Å². The Bertz CT molecular complexity index is 2090. The van der Waals surface area contributed by atoms with Crippen LogP contribution in [0.5, 0.6) is 6.01 Å². The van der Waals surface area contributed by atoms with Crippen LogP contribution in [0.3, 0.4) is 0 Å². The van der Waals surface area contributed by atoms with E-state index in [0.29, 0.717) is 28.5 Å². The minimum Gasteiger partial charge on any atom is -0.477 e. The van der Waals surface area contributed by atoms with Crippen molar-refractivity contribution >= 4 is 50.9 Å². The molecule has 2 saturated heterocycles. The highest BCUT2D eigenvalue weighted by Crippen LogP contribution is 2.38. The molecule has 0 spiro atoms. The summed E-state index contributed by atoms with van der Waals surface area (Å²) < 4.78 is 54.0. The molecule has 15 heteroatoms. The number of aromatic nitrogens is 4. The Morgan fingerprint density at radius 2 is 1.79 bits per heavy atom. The van der Waals surface area contributed by atoms with Crippen LogP contribution in [0.25, 0.3) is 33.1 Å². The number of carbonyl (C=O) groups excluding carboxylic acids is 1. The minimum absolute atomic E-state index is 0.135. The van der Waals surface area contributed by atoms with Gasteiger partial charge >= 0.3 is 17.9 Å². The van der Waals surface area contributed by atoms with Gasteiger partial charge in [-0.2, -0.15) is 13.8 Å². The Labute approximate surface area is 298 Å². The van der Waals surface area contributed by atoms with Crippen LogP contribution >= 0.6 is 0 Å². The molecular weight excluding hydrogens is 678 g/mol. The molecule has 3 aromatic heterocycles. The molecule has 0 amide bonds. The predicted molar refractivity (Wildman–Crippen MR) is 188 cm³/mol. The van der Waals surface area contributed by atoms with Crippen molar-refractivity contribution in [3.05, 3.63) is 54.4 Å². The van der Waals surface area contributed by atoms with E-state index in [2.05, 4.69) is 9.88 Å². The Kier molecular flexibility index (Phi) is 9.74. The maximum absolute atomic E-state index is 13.9. The second-order valence-corrected chi connectivity index (χ2v) is 14.3. The number of carboxylic acids is 1. The molecule has 0 radical (unpaired) electrons. The fraction of sp³-hybridized carbons (Fsp3) is 0.486. The predicted octanol–water partition coefficient (Wildman–Crippen LogP) is 6.03. The van der Waals surface area contributed by atoms with Crippen LogP contribution in [0.2, 0.25) is 0 Å². The number of carboxylic acid groups (broad SMARTS) is 1. The molecule has 13 nitrogen and oxygen atoms in total. The molecule has 5 aromatic rings. The minimum atomic E-state index is -3.84. The quantitative estimate of drug-likeness (QED) is 0.114. The number of anilines is 1. The van der Waals surface area contributed by atoms with Crippen molar-refractivity contribution in [1.82, 2.24) is 24.8 Å². The number of nitrogens with one attached hydrogen (secondary N) is 1. The van der Waals surface area contributed by atoms with Gasteiger partial charge in [0.2, 0.25) is 0 Å². The summed E-state index contributed by atoms with van der Waals surface area (Å²) in [6.07, 6.45) is 0.590. The number of hydrogen-bond donors (Lipinski definition) is 2. The smallest absolute Gasteiger partial charge is 0.374 e. The maximum Gasteiger partial charge on any atom is 0.374 e. The molecule has 2 N–H and O–H groups in total. The second-order valence-electron chi connectivity index (χ2n) is 14.3. The van der Waals surface area contributed by atoms with Gasteiger partial charge in [-0.05, 0) is 77.4 Å². The third-order valence-electron chi connectivity index (χ3n) is 9.29. The molecular formula is C37H42F2N6O7. The Morgan fingerprint density at radius 3 is 2.56 bits per heavy atom. The monoisotopic (exact) mass is 720 g/mol. The van der Waals surface area contributed by atoms with Gasteiger partial charge < -0.3 is 34.0 Å². The number of para-hydroxylation sites is 3. The van der Waals surface area contributed by atoms with Crippen LogP contribution in [0.1, 0.15) is 64.7 Å². The van der Waals surface area contributed by atoms with Crippen molar-refractivity contribution in [3.63, 3.8) is 0 Å². The number of furan rings is 1. The van der Waals surface area contributed by atoms with Crippen LogP contribution < -0.4 is 15.0 Å². The van der Waals surface area contributed by atoms with Crippen molar-refractivity contribution in [1.29, 1.82) is 0 Å². The van der Waals surface area contributed by atoms with Crippen LogP contribution in [-0.2, 0) is 25.7 Å². The van der Waals surface area contributed by atoms with Crippen molar-refractivity contribution < 1.29 is 42.1 Å². The Morgan fingerprint density at radius 1 is 1.04 bits per heavy atom. The van der Waals surface area contributed by atoms with Crippen molar-refractivity contribution in [2.45, 2.75) is 89.2 Å². The number of benzene rings is 2. The van der Waals surface area contributed by atoms with Crippen LogP contribution in [0.15, 0.2) is 52.9 Å². The lowest BCUT2D eigenvalue weighted by molar-refractivity contribution is -0.166. The summed E-state index contributed by atoms with van der Waals surface area (Å²) in [6.45, 7) is 7.16. The number of ether oxygens (including phenoxy) is 3. The molecule has 2 atom stereocenters. The lowest BCUT2D eigenvalue weighted by Crippen LogP contribution is -2.41. The maximum atomic E-state index is 13.9. The van der Waals surface area contributed by atoms with E-state index in [1.807, 2.05) is 74.2 Å². The van der Waals surface area contributed by atoms with Crippen LogP contribution in [0.4, 0.5) is 14.6 Å². The zero-order chi connectivity index (χ0) is 36.6. The van der Waals surface area contributed by atoms with E-state index >= 15 is 0 Å². The number of imidazole rings is 1. The number of aliphatic carboxylic acids is 1. The van der Waals surface area contributed by atoms with E-state index in [9.17, 15) is 18.4 Å². The molecule has 276 valence electrons. The second kappa shape index (κ2) is 14.3. The molecule has 0 unspecified atom stereocenters. The fourth-order valence-corrected chi connectivity index (χ4v) is 6.93. The van der Waals surface area contributed by atoms with Gasteiger partial charge in [0.25, 0.3) is 6.01 Å². The summed E-state index contributed by atoms with van der Waals surface area (Å²) in [5, 5.41) is 12.9. The number of carbonyl (C=O) groups is 2. The SMILES string of the molecule is CC(C)(C)OC(=O)[C@@H]1C[C@H](Oc2nc3ccccc3n2C2CCNCC2)CN1c1nc(COCCCC(F)(F)C(=O)O)nc2c1oc1ccccc12. The molecule has 0 bridgehead atoms. The summed E-state index contributed by atoms with van der Waals surface area (Å²) in [4.78, 5) is 41.0. The lowest BCUT2D eigenvalue weighted by atomic mass is 10.1. The zero-order valence-corrected chi connectivity index (χ0v) is 29.3. The van der Waals surface area contributed by atoms with E-state index in [-0.39, 0.29) is 44.5 Å². The number of nitrogens with zero attached hydrogens (tertiary/aromatic N) is 5. The number of esters is 1. The van der Waals surface area contributed by atoms with E-state index in [0.717, 1.165) is 42.4 Å². The normalized spacial score (nSPS) is 18.8. The number of fused-ring (bicyclic) bond motifs is 4. The lowest BCUT2D eigenvalue weighted by Gasteiger charge is -2.27. The Balaban J connectivity index is 1.23. The highest BCUT2D eigenvalue weighted by Gasteiger charge is 2.43. The number of piperidine rings is 1. The van der Waals surface area contributed by atoms with Gasteiger partial charge in [-0.25, -0.2) is 19.6 Å². The summed E-state index contributed by atoms with van der Waals surface area (Å²) >= 11 is 0. The molecule has 2 aliphatic rings. The average molecular weight is 721 g/mol. The third kappa shape index (κ3) is 7.37. The van der Waals surface area contributed by atoms with E-state index in [4.69, 9.17) is 38.7 Å². The van der Waals surface area contributed by atoms with Gasteiger partial charge in [-0.1, -0.05) is 24.3 Å². The first-order valence-electron chi connectivity index (χ1n) is 17.6. The zero-order valence-electron chi connectivity index (χ0n) is 29.3. The van der Waals surface area contributed by atoms with Crippen LogP contribution in [-0.4, -0.2) is 86.5 Å². The topological polar surface area (TPSA) is 154 Å². The van der Waals surface area contributed by atoms with E-state index in [1.54, 1.807) is 0 Å². The highest BCUT2D eigenvalue weighted by molar-refractivity contribution is 6.06. The van der Waals surface area contributed by atoms with Gasteiger partial charge in [0.05, 0.1) is 17.6 Å². The van der Waals surface area contributed by atoms with Crippen LogP contribution in [0, 0.1) is 0 Å². The van der Waals surface area contributed by atoms with E-state index < -0.39 is 42.0 Å². The summed E-state index contributed by atoms with van der Waals surface area (Å²) in [5.74, 6) is -5.89. The van der Waals surface area contributed by atoms with Gasteiger partial charge in [0.1, 0.15) is 35.5 Å². The molecule has 7 rings (SSSR count). The highest BCUT2D eigenvalue weighted by atomic mass is 19.3. The number of alkyl halides is 2. The van der Waals surface area contributed by atoms with Crippen molar-refractivity contribution in [2.75, 3.05) is 31.1 Å². The van der Waals surface area contributed by atoms with Gasteiger partial charge in [0, 0.05) is 30.9 Å². The summed E-state index contributed by atoms with van der Waals surface area (Å²) in [6, 6.07) is 15.2. The molecule has 0 aliphatic carbocycles. The molecule has 2 aromatic carbocycles. The first-order valence-corrected chi connectivity index (χ1v) is 17.6. The Hall–Kier alpha value is -4.89. The molecule has 2 fully saturated rings. The first-order chi connectivity index (χ1) is 24.9. The standard InChI is InChI=1S/C37H42F2N6O7/c1-36(2,3)52-33(46)27-19-23(50-35-41-25-10-5-6-11-26(25)45(35)22-13-16-40-17-14-22)20-44(27)32-31-30(24-9-4-7-12-28(24)51-31)42-29(43-32)21-49-18-8-15-37(38,39)34(47)48/h4-7,9-12,22-23,27,40H,8,13-21H2,1-3H3,(H,47,48)/t23-,27-/m0/s1. The van der Waals surface area contributed by atoms with Crippen molar-refractivity contribution in [3.8, 4) is 6.01 Å². The number of rotatable bonds is 12. The molecule has 0 saturated carbocycles. The molecule has 2 aliphatic heterocycles. The largest absolute Gasteiger partial charge is 0.477 e. The number of hydrogen-bond acceptors (Lipinski definition) is 11. The summed E-state index contributed by atoms with van der Waals surface area (Å²) in [5.41, 5.74) is 2.48. The molecule has 5 heterocycles. The van der Waals surface area contributed by atoms with Gasteiger partial charge in [0.15, 0.2) is 17.2 Å². The first kappa shape index (κ1) is 35.5.